The third-order valence-corrected chi connectivity index (χ3v) is 19.8. The van der Waals surface area contributed by atoms with Gasteiger partial charge in [-0.1, -0.05) is 103 Å². The van der Waals surface area contributed by atoms with Gasteiger partial charge in [-0.25, -0.2) is 15.0 Å². The molecule has 0 aliphatic heterocycles. The van der Waals surface area contributed by atoms with Crippen molar-refractivity contribution >= 4 is 43.6 Å². The predicted molar refractivity (Wildman–Crippen MR) is 419 cm³/mol. The van der Waals surface area contributed by atoms with Crippen LogP contribution in [0.1, 0.15) is 72.3 Å². The molecule has 18 heteroatoms. The number of hydrogen-bond acceptors (Lipinski definition) is 16. The lowest BCUT2D eigenvalue weighted by Gasteiger charge is -2.21. The number of nitrogens with zero attached hydrogens (tertiary/aromatic N) is 18. The third kappa shape index (κ3) is 11.6. The Morgan fingerprint density at radius 2 is 0.446 bits per heavy atom. The normalized spacial score (nSPS) is 10.6. The lowest BCUT2D eigenvalue weighted by atomic mass is 9.91. The molecule has 0 bridgehead atoms. The van der Waals surface area contributed by atoms with Crippen molar-refractivity contribution in [2.45, 2.75) is 0 Å². The molecule has 0 saturated carbocycles. The second kappa shape index (κ2) is 28.1. The number of hydrogen-bond donors (Lipinski definition) is 0. The molecule has 0 N–H and O–H groups in total. The third-order valence-electron chi connectivity index (χ3n) is 19.8. The highest BCUT2D eigenvalue weighted by Gasteiger charge is 2.28. The summed E-state index contributed by atoms with van der Waals surface area (Å²) in [5.74, 6) is 1.06. The van der Waals surface area contributed by atoms with Gasteiger partial charge in [-0.15, -0.1) is 0 Å². The summed E-state index contributed by atoms with van der Waals surface area (Å²) < 4.78 is 4.14. The summed E-state index contributed by atoms with van der Waals surface area (Å²) in [6.07, 6.45) is 0. The molecule has 112 heavy (non-hydrogen) atoms. The topological polar surface area (TPSA) is 358 Å². The van der Waals surface area contributed by atoms with E-state index in [9.17, 15) is 68.4 Å². The van der Waals surface area contributed by atoms with Gasteiger partial charge < -0.3 is 9.13 Å². The Bertz CT molecular complexity index is 6970. The highest BCUT2D eigenvalue weighted by atomic mass is 15.0. The fourth-order valence-corrected chi connectivity index (χ4v) is 14.9. The predicted octanol–water partition coefficient (Wildman–Crippen LogP) is 19.4. The summed E-state index contributed by atoms with van der Waals surface area (Å²) in [6, 6.07) is 99.9. The molecule has 0 unspecified atom stereocenters. The van der Waals surface area contributed by atoms with Crippen molar-refractivity contribution in [3.05, 3.63) is 315 Å². The van der Waals surface area contributed by atoms with Gasteiger partial charge in [0.15, 0.2) is 17.5 Å². The van der Waals surface area contributed by atoms with E-state index < -0.39 is 0 Å². The fraction of sp³-hybridized carbons (Fsp3) is 0. The molecule has 0 amide bonds. The van der Waals surface area contributed by atoms with Crippen LogP contribution < -0.4 is 0 Å². The Balaban J connectivity index is 1.06. The van der Waals surface area contributed by atoms with Crippen molar-refractivity contribution in [1.82, 2.24) is 24.1 Å². The Morgan fingerprint density at radius 3 is 0.723 bits per heavy atom. The molecule has 16 rings (SSSR count). The highest BCUT2D eigenvalue weighted by Crippen LogP contribution is 2.48. The number of fused-ring (bicyclic) bond motifs is 6. The largest absolute Gasteiger partial charge is 0.309 e. The zero-order chi connectivity index (χ0) is 77.4. The molecule has 0 atom stereocenters. The molecular formula is C94H40N18. The first kappa shape index (κ1) is 68.3. The van der Waals surface area contributed by atoms with Gasteiger partial charge >= 0.3 is 0 Å². The summed E-state index contributed by atoms with van der Waals surface area (Å²) in [4.78, 5) is 15.6. The van der Waals surface area contributed by atoms with E-state index in [1.165, 1.54) is 48.5 Å². The number of nitriles is 13. The highest BCUT2D eigenvalue weighted by molar-refractivity contribution is 6.15. The summed E-state index contributed by atoms with van der Waals surface area (Å²) in [7, 11) is 0. The summed E-state index contributed by atoms with van der Waals surface area (Å²) >= 11 is 0. The van der Waals surface area contributed by atoms with Crippen LogP contribution in [0.5, 0.6) is 0 Å². The molecule has 0 saturated heterocycles. The maximum Gasteiger partial charge on any atom is 0.164 e. The van der Waals surface area contributed by atoms with Crippen molar-refractivity contribution < 1.29 is 0 Å². The molecule has 0 spiro atoms. The van der Waals surface area contributed by atoms with Crippen LogP contribution in [-0.2, 0) is 0 Å². The minimum atomic E-state index is 0.0738. The van der Waals surface area contributed by atoms with Crippen LogP contribution in [0.15, 0.2) is 243 Å². The van der Waals surface area contributed by atoms with E-state index in [0.717, 1.165) is 5.56 Å². The summed E-state index contributed by atoms with van der Waals surface area (Å²) in [6.45, 7) is 0. The number of benzene rings is 13. The van der Waals surface area contributed by atoms with Crippen molar-refractivity contribution in [3.63, 3.8) is 0 Å². The molecule has 18 nitrogen and oxygen atoms in total. The summed E-state index contributed by atoms with van der Waals surface area (Å²) in [5.41, 5.74) is 12.4. The van der Waals surface area contributed by atoms with Gasteiger partial charge in [0.1, 0.15) is 0 Å². The Labute approximate surface area is 638 Å². The minimum absolute atomic E-state index is 0.0738. The molecule has 0 fully saturated rings. The first-order valence-electron chi connectivity index (χ1n) is 34.3. The van der Waals surface area contributed by atoms with Gasteiger partial charge in [0.2, 0.25) is 0 Å². The van der Waals surface area contributed by atoms with Crippen molar-refractivity contribution in [3.8, 4) is 191 Å². The SMILES string of the molecule is N#Cc1ccc(-c2ccc(-n3c4ccc(-c5c(C#N)cc(C#N)cc5C#N)cc4c4cc(-c5c(C#N)cc(C#N)cc5C#N)ccc43)c(-c3cc(-c4nc(-c5ccccc5)nc(-c5ccccc5)n4)ccc3-n3c4ccc(-c5c(C#N)cc(C#N)cc5C#N)cc4c4cc(-c5c(C#N)cc(C#N)cc5C#N)ccc43)c2)cc1. The minimum Gasteiger partial charge on any atom is -0.309 e. The quantitative estimate of drug-likeness (QED) is 0.116. The first-order valence-corrected chi connectivity index (χ1v) is 34.3. The number of aromatic nitrogens is 5. The second-order valence-electron chi connectivity index (χ2n) is 25.9. The molecule has 0 aliphatic rings. The molecule has 506 valence electrons. The van der Waals surface area contributed by atoms with Gasteiger partial charge in [-0.2, -0.15) is 68.4 Å². The molecule has 3 aromatic heterocycles. The van der Waals surface area contributed by atoms with E-state index in [2.05, 4.69) is 88.0 Å². The zero-order valence-corrected chi connectivity index (χ0v) is 58.1. The van der Waals surface area contributed by atoms with Crippen LogP contribution in [-0.4, -0.2) is 24.1 Å². The lowest BCUT2D eigenvalue weighted by molar-refractivity contribution is 1.07. The zero-order valence-electron chi connectivity index (χ0n) is 58.1. The van der Waals surface area contributed by atoms with Gasteiger partial charge in [0.25, 0.3) is 0 Å². The molecule has 0 radical (unpaired) electrons. The van der Waals surface area contributed by atoms with Crippen LogP contribution in [0.25, 0.3) is 156 Å². The Hall–Kier alpha value is -18.2. The van der Waals surface area contributed by atoms with Crippen molar-refractivity contribution in [1.29, 1.82) is 68.4 Å². The maximum absolute atomic E-state index is 10.8. The van der Waals surface area contributed by atoms with Crippen LogP contribution in [0.4, 0.5) is 0 Å². The van der Waals surface area contributed by atoms with E-state index in [0.29, 0.717) is 134 Å². The monoisotopic (exact) mass is 1420 g/mol. The van der Waals surface area contributed by atoms with Gasteiger partial charge in [0, 0.05) is 71.6 Å². The Morgan fingerprint density at radius 1 is 0.196 bits per heavy atom. The number of rotatable bonds is 11. The molecule has 0 aliphatic carbocycles. The van der Waals surface area contributed by atoms with Crippen molar-refractivity contribution in [2.24, 2.45) is 0 Å². The van der Waals surface area contributed by atoms with Gasteiger partial charge in [-0.3, -0.25) is 0 Å². The first-order chi connectivity index (χ1) is 54.9. The van der Waals surface area contributed by atoms with E-state index in [-0.39, 0.29) is 89.0 Å². The summed E-state index contributed by atoms with van der Waals surface area (Å²) in [5, 5.41) is 139. The molecule has 13 aromatic carbocycles. The van der Waals surface area contributed by atoms with Crippen LogP contribution in [0, 0.1) is 147 Å². The second-order valence-corrected chi connectivity index (χ2v) is 25.9. The van der Waals surface area contributed by atoms with E-state index in [4.69, 9.17) is 15.0 Å². The van der Waals surface area contributed by atoms with Crippen LogP contribution in [0.2, 0.25) is 0 Å². The molecular weight excluding hydrogens is 1380 g/mol. The van der Waals surface area contributed by atoms with Crippen LogP contribution >= 0.6 is 0 Å². The average Bonchev–Trinajstić information content (AvgIpc) is 1.65. The van der Waals surface area contributed by atoms with Gasteiger partial charge in [0.05, 0.1) is 185 Å². The fourth-order valence-electron chi connectivity index (χ4n) is 14.9. The standard InChI is InChI=1S/C94H40N18/c95-41-54-11-13-59(14-12-54)62-15-21-82(111-83-22-16-63(88-68(46-100)27-55(42-96)28-69(88)47-101)36-77(83)78-37-64(17-23-84(78)111)89-70(48-102)29-56(43-97)30-71(89)49-103)76(35-62)81-40-67(94-109-92(60-7-3-1-4-8-60)108-93(110-94)61-9-5-2-6-10-61)20-26-87(81)112-85-24-18-65(90-72(50-104)31-57(44-98)32-73(90)51-105)38-79(85)80-39-66(19-25-86(80)112)91-74(52-106)33-58(45-99)34-75(91)53-107/h1-40H. The van der Waals surface area contributed by atoms with E-state index in [1.54, 1.807) is 36.4 Å². The Kier molecular flexibility index (Phi) is 17.1. The molecule has 16 aromatic rings. The van der Waals surface area contributed by atoms with Crippen LogP contribution in [0.3, 0.4) is 0 Å². The lowest BCUT2D eigenvalue weighted by Crippen LogP contribution is -2.04. The van der Waals surface area contributed by atoms with Gasteiger partial charge in [-0.05, 0) is 173 Å². The average molecular weight is 1420 g/mol. The smallest absolute Gasteiger partial charge is 0.164 e. The van der Waals surface area contributed by atoms with E-state index >= 15 is 0 Å². The maximum atomic E-state index is 10.8. The van der Waals surface area contributed by atoms with E-state index in [1.807, 2.05) is 158 Å². The molecule has 3 heterocycles. The van der Waals surface area contributed by atoms with Crippen molar-refractivity contribution in [2.75, 3.05) is 0 Å².